The quantitative estimate of drug-likeness (QED) is 0.579. The Morgan fingerprint density at radius 3 is 2.33 bits per heavy atom. The van der Waals surface area contributed by atoms with Crippen LogP contribution in [0.2, 0.25) is 0 Å². The lowest BCUT2D eigenvalue weighted by atomic mass is 9.71. The molecule has 1 rings (SSSR count). The first kappa shape index (κ1) is 17.3. The second-order valence-corrected chi connectivity index (χ2v) is 5.80. The van der Waals surface area contributed by atoms with Gasteiger partial charge in [0.15, 0.2) is 0 Å². The van der Waals surface area contributed by atoms with E-state index in [2.05, 4.69) is 22.9 Å². The van der Waals surface area contributed by atoms with Crippen LogP contribution in [-0.2, 0) is 9.59 Å². The highest BCUT2D eigenvalue weighted by molar-refractivity contribution is 5.79. The number of carbonyl (C=O) groups excluding carboxylic acids is 2. The van der Waals surface area contributed by atoms with Crippen molar-refractivity contribution in [3.63, 3.8) is 0 Å². The van der Waals surface area contributed by atoms with Gasteiger partial charge in [-0.3, -0.25) is 9.59 Å². The zero-order valence-electron chi connectivity index (χ0n) is 12.7. The molecule has 0 aromatic rings. The first-order chi connectivity index (χ1) is 9.89. The summed E-state index contributed by atoms with van der Waals surface area (Å²) in [6.07, 6.45) is 3.11. The summed E-state index contributed by atoms with van der Waals surface area (Å²) in [5, 5.41) is 17.1. The Labute approximate surface area is 124 Å². The maximum absolute atomic E-state index is 11.6. The average molecular weight is 299 g/mol. The Hall–Kier alpha value is -1.79. The van der Waals surface area contributed by atoms with E-state index in [0.717, 1.165) is 12.8 Å². The standard InChI is InChI=1S/C14H25N3O4/c1-10-3-6-14(7-4-10,12(19)20)9-17-13(21)16-8-5-11(18)15-2/h10H,3-9H2,1-2H3,(H,15,18)(H,19,20)(H2,16,17,21). The minimum atomic E-state index is -0.857. The monoisotopic (exact) mass is 299 g/mol. The number of carbonyl (C=O) groups is 3. The molecule has 0 saturated heterocycles. The third-order valence-electron chi connectivity index (χ3n) is 4.19. The van der Waals surface area contributed by atoms with E-state index in [1.807, 2.05) is 0 Å². The van der Waals surface area contributed by atoms with Gasteiger partial charge in [0.25, 0.3) is 0 Å². The number of aliphatic carboxylic acids is 1. The Bertz CT molecular complexity index is 390. The fourth-order valence-corrected chi connectivity index (χ4v) is 2.51. The molecule has 7 nitrogen and oxygen atoms in total. The van der Waals surface area contributed by atoms with Gasteiger partial charge < -0.3 is 21.1 Å². The predicted molar refractivity (Wildman–Crippen MR) is 77.8 cm³/mol. The Balaban J connectivity index is 2.38. The molecule has 0 aromatic heterocycles. The van der Waals surface area contributed by atoms with Crippen molar-refractivity contribution >= 4 is 17.9 Å². The molecular weight excluding hydrogens is 274 g/mol. The molecule has 0 heterocycles. The Kier molecular flexibility index (Phi) is 6.45. The summed E-state index contributed by atoms with van der Waals surface area (Å²) >= 11 is 0. The number of amides is 3. The van der Waals surface area contributed by atoms with Crippen molar-refractivity contribution in [1.82, 2.24) is 16.0 Å². The molecule has 0 radical (unpaired) electrons. The number of urea groups is 1. The van der Waals surface area contributed by atoms with Crippen molar-refractivity contribution in [1.29, 1.82) is 0 Å². The van der Waals surface area contributed by atoms with Crippen LogP contribution in [0, 0.1) is 11.3 Å². The van der Waals surface area contributed by atoms with Crippen LogP contribution in [0.3, 0.4) is 0 Å². The molecule has 120 valence electrons. The second kappa shape index (κ2) is 7.85. The number of hydrogen-bond acceptors (Lipinski definition) is 3. The normalized spacial score (nSPS) is 25.0. The molecule has 0 aromatic carbocycles. The number of hydrogen-bond donors (Lipinski definition) is 4. The van der Waals surface area contributed by atoms with Crippen molar-refractivity contribution in [3.05, 3.63) is 0 Å². The summed E-state index contributed by atoms with van der Waals surface area (Å²) in [5.41, 5.74) is -0.857. The Morgan fingerprint density at radius 1 is 1.19 bits per heavy atom. The van der Waals surface area contributed by atoms with Crippen molar-refractivity contribution < 1.29 is 19.5 Å². The van der Waals surface area contributed by atoms with Crippen molar-refractivity contribution in [2.24, 2.45) is 11.3 Å². The van der Waals surface area contributed by atoms with Crippen LogP contribution in [-0.4, -0.2) is 43.2 Å². The fourth-order valence-electron chi connectivity index (χ4n) is 2.51. The first-order valence-corrected chi connectivity index (χ1v) is 7.35. The molecule has 3 amide bonds. The average Bonchev–Trinajstić information content (AvgIpc) is 2.46. The molecule has 7 heteroatoms. The summed E-state index contributed by atoms with van der Waals surface area (Å²) in [6, 6.07) is -0.432. The molecule has 0 bridgehead atoms. The molecule has 4 N–H and O–H groups in total. The van der Waals surface area contributed by atoms with Crippen molar-refractivity contribution in [3.8, 4) is 0 Å². The van der Waals surface area contributed by atoms with Gasteiger partial charge >= 0.3 is 12.0 Å². The van der Waals surface area contributed by atoms with E-state index in [1.165, 1.54) is 7.05 Å². The third-order valence-corrected chi connectivity index (χ3v) is 4.19. The molecule has 0 unspecified atom stereocenters. The van der Waals surface area contributed by atoms with Crippen LogP contribution in [0.15, 0.2) is 0 Å². The van der Waals surface area contributed by atoms with Gasteiger partial charge in [0.2, 0.25) is 5.91 Å². The lowest BCUT2D eigenvalue weighted by Crippen LogP contribution is -2.48. The minimum absolute atomic E-state index is 0.126. The van der Waals surface area contributed by atoms with Gasteiger partial charge in [0.1, 0.15) is 0 Å². The molecule has 1 aliphatic carbocycles. The van der Waals surface area contributed by atoms with E-state index >= 15 is 0 Å². The van der Waals surface area contributed by atoms with Crippen LogP contribution in [0.5, 0.6) is 0 Å². The SMILES string of the molecule is CNC(=O)CCNC(=O)NCC1(C(=O)O)CCC(C)CC1. The molecule has 1 aliphatic rings. The molecule has 0 atom stereocenters. The van der Waals surface area contributed by atoms with Gasteiger partial charge in [-0.2, -0.15) is 0 Å². The fraction of sp³-hybridized carbons (Fsp3) is 0.786. The van der Waals surface area contributed by atoms with Crippen molar-refractivity contribution in [2.75, 3.05) is 20.1 Å². The summed E-state index contributed by atoms with van der Waals surface area (Å²) in [7, 11) is 1.53. The largest absolute Gasteiger partial charge is 0.481 e. The minimum Gasteiger partial charge on any atom is -0.481 e. The smallest absolute Gasteiger partial charge is 0.314 e. The third kappa shape index (κ3) is 5.24. The number of carboxylic acid groups (broad SMARTS) is 1. The topological polar surface area (TPSA) is 108 Å². The van der Waals surface area contributed by atoms with Gasteiger partial charge in [0.05, 0.1) is 5.41 Å². The zero-order valence-corrected chi connectivity index (χ0v) is 12.7. The highest BCUT2D eigenvalue weighted by atomic mass is 16.4. The van der Waals surface area contributed by atoms with Gasteiger partial charge in [-0.1, -0.05) is 6.92 Å². The first-order valence-electron chi connectivity index (χ1n) is 7.35. The highest BCUT2D eigenvalue weighted by Gasteiger charge is 2.41. The summed E-state index contributed by atoms with van der Waals surface area (Å²) in [4.78, 5) is 34.2. The van der Waals surface area contributed by atoms with Crippen LogP contribution >= 0.6 is 0 Å². The van der Waals surface area contributed by atoms with Crippen LogP contribution < -0.4 is 16.0 Å². The zero-order chi connectivity index (χ0) is 15.9. The summed E-state index contributed by atoms with van der Waals surface area (Å²) < 4.78 is 0. The van der Waals surface area contributed by atoms with Crippen LogP contribution in [0.4, 0.5) is 4.79 Å². The second-order valence-electron chi connectivity index (χ2n) is 5.80. The molecule has 0 spiro atoms. The van der Waals surface area contributed by atoms with E-state index in [0.29, 0.717) is 18.8 Å². The van der Waals surface area contributed by atoms with Crippen LogP contribution in [0.25, 0.3) is 0 Å². The van der Waals surface area contributed by atoms with E-state index in [9.17, 15) is 19.5 Å². The molecule has 1 fully saturated rings. The lowest BCUT2D eigenvalue weighted by molar-refractivity contribution is -0.151. The highest BCUT2D eigenvalue weighted by Crippen LogP contribution is 2.38. The van der Waals surface area contributed by atoms with Gasteiger partial charge in [0, 0.05) is 26.6 Å². The predicted octanol–water partition coefficient (Wildman–Crippen LogP) is 0.703. The molecule has 21 heavy (non-hydrogen) atoms. The van der Waals surface area contributed by atoms with Gasteiger partial charge in [-0.05, 0) is 31.6 Å². The summed E-state index contributed by atoms with van der Waals surface area (Å²) in [6.45, 7) is 2.47. The summed E-state index contributed by atoms with van der Waals surface area (Å²) in [5.74, 6) is -0.461. The van der Waals surface area contributed by atoms with E-state index in [-0.39, 0.29) is 25.4 Å². The van der Waals surface area contributed by atoms with E-state index in [1.54, 1.807) is 0 Å². The molecule has 1 saturated carbocycles. The number of nitrogens with one attached hydrogen (secondary N) is 3. The van der Waals surface area contributed by atoms with Crippen LogP contribution in [0.1, 0.15) is 39.0 Å². The van der Waals surface area contributed by atoms with E-state index < -0.39 is 17.4 Å². The number of rotatable bonds is 6. The van der Waals surface area contributed by atoms with E-state index in [4.69, 9.17) is 0 Å². The number of carboxylic acids is 1. The molecular formula is C14H25N3O4. The van der Waals surface area contributed by atoms with Gasteiger partial charge in [-0.25, -0.2) is 4.79 Å². The lowest BCUT2D eigenvalue weighted by Gasteiger charge is -2.35. The maximum Gasteiger partial charge on any atom is 0.314 e. The Morgan fingerprint density at radius 2 is 1.81 bits per heavy atom. The maximum atomic E-state index is 11.6. The van der Waals surface area contributed by atoms with Gasteiger partial charge in [-0.15, -0.1) is 0 Å². The molecule has 0 aliphatic heterocycles. The van der Waals surface area contributed by atoms with Crippen molar-refractivity contribution in [2.45, 2.75) is 39.0 Å².